The largest absolute Gasteiger partial charge is 0.391 e. The molecule has 3 heterocycles. The van der Waals surface area contributed by atoms with Crippen molar-refractivity contribution < 1.29 is 14.7 Å². The molecule has 6 nitrogen and oxygen atoms in total. The van der Waals surface area contributed by atoms with Crippen LogP contribution in [0.15, 0.2) is 0 Å². The molecule has 4 atom stereocenters. The van der Waals surface area contributed by atoms with E-state index in [0.29, 0.717) is 18.2 Å². The zero-order valence-electron chi connectivity index (χ0n) is 12.8. The number of fused-ring (bicyclic) bond motifs is 1. The van der Waals surface area contributed by atoms with Gasteiger partial charge in [-0.2, -0.15) is 11.8 Å². The van der Waals surface area contributed by atoms with Gasteiger partial charge in [-0.15, -0.1) is 0 Å². The van der Waals surface area contributed by atoms with E-state index < -0.39 is 0 Å². The predicted molar refractivity (Wildman–Crippen MR) is 85.8 cm³/mol. The molecule has 0 aromatic heterocycles. The summed E-state index contributed by atoms with van der Waals surface area (Å²) in [6.45, 7) is 1.29. The molecule has 3 aliphatic heterocycles. The van der Waals surface area contributed by atoms with Crippen LogP contribution in [0.1, 0.15) is 38.5 Å². The molecule has 0 unspecified atom stereocenters. The number of aliphatic hydroxyl groups is 1. The average Bonchev–Trinajstić information content (AvgIpc) is 3.03. The number of β-amino-alcohol motifs (C(OH)–C–C–N with tert-alkyl or cyclic N) is 1. The number of nitrogens with zero attached hydrogens (tertiary/aromatic N) is 1. The summed E-state index contributed by atoms with van der Waals surface area (Å²) in [7, 11) is 0. The van der Waals surface area contributed by atoms with Crippen molar-refractivity contribution in [3.05, 3.63) is 0 Å². The van der Waals surface area contributed by atoms with Gasteiger partial charge in [0, 0.05) is 30.5 Å². The lowest BCUT2D eigenvalue weighted by Crippen LogP contribution is -2.42. The number of unbranched alkanes of at least 4 members (excludes halogenated alkanes) is 1. The number of piperidine rings is 1. The van der Waals surface area contributed by atoms with Crippen LogP contribution in [0.2, 0.25) is 0 Å². The number of rotatable bonds is 5. The van der Waals surface area contributed by atoms with Gasteiger partial charge in [0.1, 0.15) is 0 Å². The molecule has 0 aromatic rings. The predicted octanol–water partition coefficient (Wildman–Crippen LogP) is 0.695. The maximum atomic E-state index is 12.1. The van der Waals surface area contributed by atoms with E-state index in [4.69, 9.17) is 0 Å². The van der Waals surface area contributed by atoms with E-state index in [0.717, 1.165) is 44.4 Å². The van der Waals surface area contributed by atoms with Gasteiger partial charge >= 0.3 is 6.03 Å². The molecule has 0 bridgehead atoms. The van der Waals surface area contributed by atoms with Gasteiger partial charge in [0.2, 0.25) is 5.91 Å². The van der Waals surface area contributed by atoms with Gasteiger partial charge in [-0.25, -0.2) is 4.79 Å². The molecule has 22 heavy (non-hydrogen) atoms. The van der Waals surface area contributed by atoms with Gasteiger partial charge in [-0.3, -0.25) is 4.79 Å². The van der Waals surface area contributed by atoms with E-state index >= 15 is 0 Å². The van der Waals surface area contributed by atoms with Crippen LogP contribution in [0.5, 0.6) is 0 Å². The van der Waals surface area contributed by atoms with Crippen molar-refractivity contribution >= 4 is 23.7 Å². The molecular formula is C15H25N3O3S. The monoisotopic (exact) mass is 327 g/mol. The van der Waals surface area contributed by atoms with Crippen LogP contribution in [0.25, 0.3) is 0 Å². The Balaban J connectivity index is 1.34. The third kappa shape index (κ3) is 3.68. The number of nitrogens with one attached hydrogen (secondary N) is 2. The zero-order valence-corrected chi connectivity index (χ0v) is 13.6. The van der Waals surface area contributed by atoms with Crippen LogP contribution < -0.4 is 10.6 Å². The number of likely N-dealkylation sites (tertiary alicyclic amines) is 1. The fourth-order valence-corrected chi connectivity index (χ4v) is 5.15. The second kappa shape index (κ2) is 7.08. The van der Waals surface area contributed by atoms with Crippen molar-refractivity contribution in [2.24, 2.45) is 0 Å². The van der Waals surface area contributed by atoms with E-state index in [2.05, 4.69) is 10.6 Å². The number of hydrogen-bond donors (Lipinski definition) is 3. The Bertz CT molecular complexity index is 434. The molecule has 0 aromatic carbocycles. The minimum absolute atomic E-state index is 0.0425. The second-order valence-electron chi connectivity index (χ2n) is 6.50. The first kappa shape index (κ1) is 15.9. The number of aliphatic hydroxyl groups excluding tert-OH is 1. The number of carbonyl (C=O) groups is 2. The Labute approximate surface area is 135 Å². The third-order valence-electron chi connectivity index (χ3n) is 4.82. The molecule has 0 spiro atoms. The van der Waals surface area contributed by atoms with E-state index in [-0.39, 0.29) is 30.1 Å². The molecule has 3 rings (SSSR count). The van der Waals surface area contributed by atoms with E-state index in [1.54, 1.807) is 4.90 Å². The Hall–Kier alpha value is -0.950. The van der Waals surface area contributed by atoms with Crippen LogP contribution >= 0.6 is 11.8 Å². The first-order valence-electron chi connectivity index (χ1n) is 8.28. The van der Waals surface area contributed by atoms with Crippen molar-refractivity contribution in [2.75, 3.05) is 18.8 Å². The maximum Gasteiger partial charge on any atom is 0.315 e. The molecule has 3 N–H and O–H groups in total. The number of thioether (sulfide) groups is 1. The molecule has 0 radical (unpaired) electrons. The average molecular weight is 327 g/mol. The van der Waals surface area contributed by atoms with Crippen LogP contribution in [0, 0.1) is 0 Å². The minimum Gasteiger partial charge on any atom is -0.391 e. The summed E-state index contributed by atoms with van der Waals surface area (Å²) >= 11 is 1.92. The lowest BCUT2D eigenvalue weighted by atomic mass is 10.0. The highest BCUT2D eigenvalue weighted by Gasteiger charge is 2.42. The molecule has 3 aliphatic rings. The molecule has 3 amide bonds. The Morgan fingerprint density at radius 2 is 2.23 bits per heavy atom. The fourth-order valence-electron chi connectivity index (χ4n) is 3.60. The van der Waals surface area contributed by atoms with Gasteiger partial charge in [-0.05, 0) is 25.7 Å². The van der Waals surface area contributed by atoms with Gasteiger partial charge < -0.3 is 20.6 Å². The Kier molecular flexibility index (Phi) is 5.13. The quantitative estimate of drug-likeness (QED) is 0.513. The Morgan fingerprint density at radius 1 is 1.36 bits per heavy atom. The molecule has 0 aliphatic carbocycles. The van der Waals surface area contributed by atoms with Crippen molar-refractivity contribution in [1.29, 1.82) is 0 Å². The van der Waals surface area contributed by atoms with Crippen molar-refractivity contribution in [3.63, 3.8) is 0 Å². The maximum absolute atomic E-state index is 12.1. The summed E-state index contributed by atoms with van der Waals surface area (Å²) in [5.41, 5.74) is 0. The minimum atomic E-state index is -0.344. The van der Waals surface area contributed by atoms with Crippen molar-refractivity contribution in [3.8, 4) is 0 Å². The lowest BCUT2D eigenvalue weighted by molar-refractivity contribution is -0.134. The van der Waals surface area contributed by atoms with Crippen LogP contribution in [0.4, 0.5) is 4.79 Å². The number of hydrogen-bond acceptors (Lipinski definition) is 4. The highest BCUT2D eigenvalue weighted by atomic mass is 32.2. The van der Waals surface area contributed by atoms with Crippen molar-refractivity contribution in [2.45, 2.75) is 62.0 Å². The summed E-state index contributed by atoms with van der Waals surface area (Å²) in [6, 6.07) is 0.489. The summed E-state index contributed by atoms with van der Waals surface area (Å²) < 4.78 is 0. The van der Waals surface area contributed by atoms with E-state index in [1.165, 1.54) is 0 Å². The number of urea groups is 1. The normalized spacial score (nSPS) is 34.2. The molecule has 3 saturated heterocycles. The fraction of sp³-hybridized carbons (Fsp3) is 0.867. The van der Waals surface area contributed by atoms with Gasteiger partial charge in [0.25, 0.3) is 0 Å². The van der Waals surface area contributed by atoms with Gasteiger partial charge in [-0.1, -0.05) is 6.42 Å². The summed E-state index contributed by atoms with van der Waals surface area (Å²) in [4.78, 5) is 25.2. The molecular weight excluding hydrogens is 302 g/mol. The van der Waals surface area contributed by atoms with E-state index in [9.17, 15) is 14.7 Å². The smallest absolute Gasteiger partial charge is 0.315 e. The lowest BCUT2D eigenvalue weighted by Gasteiger charge is -2.30. The SMILES string of the molecule is O=C1N[C@H]2[C@H](CS[C@H]2CCCCC(=O)N2CCC[C@H](O)C2)N1. The topological polar surface area (TPSA) is 81.7 Å². The summed E-state index contributed by atoms with van der Waals surface area (Å²) in [5.74, 6) is 1.16. The summed E-state index contributed by atoms with van der Waals surface area (Å²) in [5, 5.41) is 16.0. The molecule has 0 saturated carbocycles. The first-order chi connectivity index (χ1) is 10.6. The van der Waals surface area contributed by atoms with Crippen LogP contribution in [-0.4, -0.2) is 64.2 Å². The highest BCUT2D eigenvalue weighted by Crippen LogP contribution is 2.33. The van der Waals surface area contributed by atoms with Gasteiger partial charge in [0.15, 0.2) is 0 Å². The highest BCUT2D eigenvalue weighted by molar-refractivity contribution is 8.00. The second-order valence-corrected chi connectivity index (χ2v) is 7.78. The van der Waals surface area contributed by atoms with Gasteiger partial charge in [0.05, 0.1) is 18.2 Å². The number of carbonyl (C=O) groups excluding carboxylic acids is 2. The zero-order chi connectivity index (χ0) is 15.5. The molecule has 3 fully saturated rings. The first-order valence-corrected chi connectivity index (χ1v) is 9.33. The molecule has 124 valence electrons. The van der Waals surface area contributed by atoms with E-state index in [1.807, 2.05) is 11.8 Å². The van der Waals surface area contributed by atoms with Crippen LogP contribution in [-0.2, 0) is 4.79 Å². The standard InChI is InChI=1S/C15H25N3O3S/c19-10-4-3-7-18(8-10)13(20)6-2-1-5-12-14-11(9-22-12)16-15(21)17-14/h10-12,14,19H,1-9H2,(H2,16,17,21)/t10-,11-,12-,14-/m0/s1. The molecule has 7 heteroatoms. The van der Waals surface area contributed by atoms with Crippen LogP contribution in [0.3, 0.4) is 0 Å². The number of amides is 3. The third-order valence-corrected chi connectivity index (χ3v) is 6.33. The summed E-state index contributed by atoms with van der Waals surface area (Å²) in [6.07, 6.45) is 4.89. The van der Waals surface area contributed by atoms with Crippen molar-refractivity contribution in [1.82, 2.24) is 15.5 Å². The Morgan fingerprint density at radius 3 is 3.05 bits per heavy atom.